The standard InChI is InChI=1S/C13H17Br/c1-9-4-5-10(2)12(6-9)13(3)7-11(13)8-14/h4-6,11H,7-8H2,1-3H3. The van der Waals surface area contributed by atoms with Gasteiger partial charge in [-0.05, 0) is 42.7 Å². The van der Waals surface area contributed by atoms with E-state index < -0.39 is 0 Å². The lowest BCUT2D eigenvalue weighted by Crippen LogP contribution is -2.07. The van der Waals surface area contributed by atoms with Gasteiger partial charge in [0.1, 0.15) is 0 Å². The van der Waals surface area contributed by atoms with Crippen LogP contribution in [0.15, 0.2) is 18.2 Å². The van der Waals surface area contributed by atoms with Crippen LogP contribution in [0.4, 0.5) is 0 Å². The van der Waals surface area contributed by atoms with Gasteiger partial charge in [0, 0.05) is 5.33 Å². The number of aryl methyl sites for hydroxylation is 2. The molecule has 0 heterocycles. The summed E-state index contributed by atoms with van der Waals surface area (Å²) in [6, 6.07) is 6.81. The molecule has 2 rings (SSSR count). The van der Waals surface area contributed by atoms with Crippen molar-refractivity contribution in [2.24, 2.45) is 5.92 Å². The maximum atomic E-state index is 3.59. The van der Waals surface area contributed by atoms with Crippen LogP contribution in [0.3, 0.4) is 0 Å². The molecular formula is C13H17Br. The van der Waals surface area contributed by atoms with E-state index in [2.05, 4.69) is 54.9 Å². The molecule has 76 valence electrons. The Morgan fingerprint density at radius 3 is 2.71 bits per heavy atom. The highest BCUT2D eigenvalue weighted by atomic mass is 79.9. The van der Waals surface area contributed by atoms with Crippen LogP contribution < -0.4 is 0 Å². The molecule has 1 saturated carbocycles. The normalized spacial score (nSPS) is 30.4. The van der Waals surface area contributed by atoms with Crippen molar-refractivity contribution in [3.63, 3.8) is 0 Å². The van der Waals surface area contributed by atoms with Crippen LogP contribution in [0.25, 0.3) is 0 Å². The first-order valence-corrected chi connectivity index (χ1v) is 6.34. The van der Waals surface area contributed by atoms with E-state index in [0.717, 1.165) is 11.2 Å². The van der Waals surface area contributed by atoms with Crippen LogP contribution in [0, 0.1) is 19.8 Å². The predicted octanol–water partition coefficient (Wildman–Crippen LogP) is 3.98. The summed E-state index contributed by atoms with van der Waals surface area (Å²) in [4.78, 5) is 0. The van der Waals surface area contributed by atoms with Crippen LogP contribution in [0.1, 0.15) is 30.0 Å². The van der Waals surface area contributed by atoms with E-state index in [-0.39, 0.29) is 0 Å². The smallest absolute Gasteiger partial charge is 0.00684 e. The van der Waals surface area contributed by atoms with Crippen molar-refractivity contribution in [1.29, 1.82) is 0 Å². The van der Waals surface area contributed by atoms with Gasteiger partial charge in [0.2, 0.25) is 0 Å². The topological polar surface area (TPSA) is 0 Å². The second-order valence-electron chi connectivity index (χ2n) is 4.79. The first-order chi connectivity index (χ1) is 6.58. The third-order valence-electron chi connectivity index (χ3n) is 3.61. The molecule has 0 N–H and O–H groups in total. The van der Waals surface area contributed by atoms with E-state index in [1.54, 1.807) is 5.56 Å². The molecule has 2 atom stereocenters. The minimum Gasteiger partial charge on any atom is -0.0925 e. The molecule has 0 aliphatic heterocycles. The van der Waals surface area contributed by atoms with Gasteiger partial charge in [-0.2, -0.15) is 0 Å². The van der Waals surface area contributed by atoms with Crippen LogP contribution in [-0.2, 0) is 5.41 Å². The third kappa shape index (κ3) is 1.52. The van der Waals surface area contributed by atoms with Crippen molar-refractivity contribution in [2.45, 2.75) is 32.6 Å². The highest BCUT2D eigenvalue weighted by molar-refractivity contribution is 9.09. The van der Waals surface area contributed by atoms with Gasteiger partial charge in [-0.1, -0.05) is 46.6 Å². The fraction of sp³-hybridized carbons (Fsp3) is 0.538. The molecule has 0 bridgehead atoms. The number of rotatable bonds is 2. The highest BCUT2D eigenvalue weighted by Crippen LogP contribution is 2.55. The molecule has 0 nitrogen and oxygen atoms in total. The molecule has 0 spiro atoms. The van der Waals surface area contributed by atoms with Gasteiger partial charge in [0.25, 0.3) is 0 Å². The van der Waals surface area contributed by atoms with Crippen LogP contribution in [0.2, 0.25) is 0 Å². The van der Waals surface area contributed by atoms with E-state index >= 15 is 0 Å². The highest BCUT2D eigenvalue weighted by Gasteiger charge is 2.50. The quantitative estimate of drug-likeness (QED) is 0.699. The van der Waals surface area contributed by atoms with Crippen LogP contribution >= 0.6 is 15.9 Å². The first kappa shape index (κ1) is 10.2. The Morgan fingerprint density at radius 1 is 1.43 bits per heavy atom. The van der Waals surface area contributed by atoms with Crippen molar-refractivity contribution in [3.05, 3.63) is 34.9 Å². The van der Waals surface area contributed by atoms with Gasteiger partial charge in [-0.15, -0.1) is 0 Å². The Kier molecular flexibility index (Phi) is 2.46. The van der Waals surface area contributed by atoms with Gasteiger partial charge in [-0.3, -0.25) is 0 Å². The fourth-order valence-corrected chi connectivity index (χ4v) is 3.30. The van der Waals surface area contributed by atoms with Gasteiger partial charge < -0.3 is 0 Å². The predicted molar refractivity (Wildman–Crippen MR) is 65.2 cm³/mol. The zero-order chi connectivity index (χ0) is 10.3. The second-order valence-corrected chi connectivity index (χ2v) is 5.44. The number of hydrogen-bond acceptors (Lipinski definition) is 0. The summed E-state index contributed by atoms with van der Waals surface area (Å²) in [5.74, 6) is 0.836. The van der Waals surface area contributed by atoms with Crippen molar-refractivity contribution in [2.75, 3.05) is 5.33 Å². The van der Waals surface area contributed by atoms with Gasteiger partial charge in [-0.25, -0.2) is 0 Å². The van der Waals surface area contributed by atoms with Gasteiger partial charge >= 0.3 is 0 Å². The number of alkyl halides is 1. The van der Waals surface area contributed by atoms with E-state index in [9.17, 15) is 0 Å². The van der Waals surface area contributed by atoms with Crippen molar-refractivity contribution in [1.82, 2.24) is 0 Å². The van der Waals surface area contributed by atoms with Crippen molar-refractivity contribution >= 4 is 15.9 Å². The maximum Gasteiger partial charge on any atom is 0.00684 e. The van der Waals surface area contributed by atoms with E-state index in [1.165, 1.54) is 17.5 Å². The Hall–Kier alpha value is -0.300. The lowest BCUT2D eigenvalue weighted by Gasteiger charge is -2.15. The molecular weight excluding hydrogens is 236 g/mol. The summed E-state index contributed by atoms with van der Waals surface area (Å²) >= 11 is 3.59. The second kappa shape index (κ2) is 3.37. The van der Waals surface area contributed by atoms with Crippen LogP contribution in [-0.4, -0.2) is 5.33 Å². The molecule has 1 aliphatic carbocycles. The molecule has 0 amide bonds. The number of hydrogen-bond donors (Lipinski definition) is 0. The molecule has 1 fully saturated rings. The third-order valence-corrected chi connectivity index (χ3v) is 4.39. The monoisotopic (exact) mass is 252 g/mol. The fourth-order valence-electron chi connectivity index (χ4n) is 2.36. The summed E-state index contributed by atoms with van der Waals surface area (Å²) in [5, 5.41) is 1.14. The molecule has 1 aliphatic rings. The minimum absolute atomic E-state index is 0.444. The van der Waals surface area contributed by atoms with E-state index in [1.807, 2.05) is 0 Å². The molecule has 1 aromatic carbocycles. The summed E-state index contributed by atoms with van der Waals surface area (Å²) < 4.78 is 0. The van der Waals surface area contributed by atoms with Gasteiger partial charge in [0.15, 0.2) is 0 Å². The Balaban J connectivity index is 2.38. The Morgan fingerprint density at radius 2 is 2.14 bits per heavy atom. The largest absolute Gasteiger partial charge is 0.0925 e. The maximum absolute atomic E-state index is 3.59. The average molecular weight is 253 g/mol. The first-order valence-electron chi connectivity index (χ1n) is 5.21. The zero-order valence-corrected chi connectivity index (χ0v) is 10.7. The van der Waals surface area contributed by atoms with E-state index in [0.29, 0.717) is 5.41 Å². The van der Waals surface area contributed by atoms with Crippen molar-refractivity contribution in [3.8, 4) is 0 Å². The molecule has 0 radical (unpaired) electrons. The SMILES string of the molecule is Cc1ccc(C)c(C2(C)CC2CBr)c1. The molecule has 1 aromatic rings. The van der Waals surface area contributed by atoms with Crippen molar-refractivity contribution < 1.29 is 0 Å². The summed E-state index contributed by atoms with van der Waals surface area (Å²) in [6.07, 6.45) is 1.34. The summed E-state index contributed by atoms with van der Waals surface area (Å²) in [6.45, 7) is 6.79. The molecule has 0 saturated heterocycles. The summed E-state index contributed by atoms with van der Waals surface area (Å²) in [7, 11) is 0. The molecule has 14 heavy (non-hydrogen) atoms. The lowest BCUT2D eigenvalue weighted by molar-refractivity contribution is 0.704. The summed E-state index contributed by atoms with van der Waals surface area (Å²) in [5.41, 5.74) is 4.83. The molecule has 0 aromatic heterocycles. The lowest BCUT2D eigenvalue weighted by atomic mass is 9.90. The Bertz CT molecular complexity index is 356. The average Bonchev–Trinajstić information content (AvgIpc) is 2.83. The minimum atomic E-state index is 0.444. The number of benzene rings is 1. The Labute approximate surface area is 94.8 Å². The molecule has 1 heteroatoms. The zero-order valence-electron chi connectivity index (χ0n) is 9.10. The van der Waals surface area contributed by atoms with E-state index in [4.69, 9.17) is 0 Å². The number of halogens is 1. The van der Waals surface area contributed by atoms with Gasteiger partial charge in [0.05, 0.1) is 0 Å². The molecule has 2 unspecified atom stereocenters. The van der Waals surface area contributed by atoms with Crippen LogP contribution in [0.5, 0.6) is 0 Å².